The lowest BCUT2D eigenvalue weighted by Gasteiger charge is -2.11. The summed E-state index contributed by atoms with van der Waals surface area (Å²) in [6.07, 6.45) is 0. The Hall–Kier alpha value is -2.98. The number of esters is 1. The molecule has 4 aromatic rings. The van der Waals surface area contributed by atoms with Crippen molar-refractivity contribution in [3.05, 3.63) is 86.2 Å². The summed E-state index contributed by atoms with van der Waals surface area (Å²) >= 11 is 8.46. The van der Waals surface area contributed by atoms with Gasteiger partial charge in [-0.1, -0.05) is 48.0 Å². The van der Waals surface area contributed by atoms with E-state index in [1.165, 1.54) is 34.2 Å². The Morgan fingerprint density at radius 1 is 0.939 bits per heavy atom. The predicted molar refractivity (Wildman–Crippen MR) is 131 cm³/mol. The molecule has 2 aromatic heterocycles. The molecule has 0 radical (unpaired) electrons. The van der Waals surface area contributed by atoms with Crippen LogP contribution in [-0.2, 0) is 14.8 Å². The molecular formula is C23H16ClNO5S3. The molecule has 2 aromatic carbocycles. The Morgan fingerprint density at radius 3 is 2.42 bits per heavy atom. The number of halogens is 1. The smallest absolute Gasteiger partial charge is 0.385 e. The van der Waals surface area contributed by atoms with Gasteiger partial charge >= 0.3 is 5.97 Å². The van der Waals surface area contributed by atoms with E-state index in [2.05, 4.69) is 4.72 Å². The van der Waals surface area contributed by atoms with Crippen LogP contribution in [0.25, 0.3) is 11.1 Å². The number of nitrogens with one attached hydrogen (secondary N) is 1. The van der Waals surface area contributed by atoms with Gasteiger partial charge in [-0.05, 0) is 30.2 Å². The van der Waals surface area contributed by atoms with E-state index in [0.717, 1.165) is 16.9 Å². The van der Waals surface area contributed by atoms with Gasteiger partial charge in [-0.3, -0.25) is 9.52 Å². The van der Waals surface area contributed by atoms with E-state index in [9.17, 15) is 18.0 Å². The first-order valence-electron chi connectivity index (χ1n) is 9.50. The lowest BCUT2D eigenvalue weighted by Crippen LogP contribution is -2.22. The highest BCUT2D eigenvalue weighted by Crippen LogP contribution is 2.34. The van der Waals surface area contributed by atoms with Crippen LogP contribution in [0.15, 0.2) is 74.9 Å². The van der Waals surface area contributed by atoms with Crippen molar-refractivity contribution >= 4 is 61.7 Å². The number of Topliss-reactive ketones (excluding diaryl/α,β-unsaturated/α-hetero) is 1. The highest BCUT2D eigenvalue weighted by Gasteiger charge is 2.27. The molecule has 10 heteroatoms. The minimum absolute atomic E-state index is 0.00470. The van der Waals surface area contributed by atoms with E-state index in [-0.39, 0.29) is 21.9 Å². The summed E-state index contributed by atoms with van der Waals surface area (Å²) in [4.78, 5) is 25.4. The van der Waals surface area contributed by atoms with Crippen LogP contribution >= 0.6 is 34.3 Å². The van der Waals surface area contributed by atoms with Crippen molar-refractivity contribution < 1.29 is 22.7 Å². The van der Waals surface area contributed by atoms with Crippen molar-refractivity contribution in [2.24, 2.45) is 0 Å². The van der Waals surface area contributed by atoms with Crippen molar-refractivity contribution in [1.82, 2.24) is 0 Å². The number of hydrogen-bond donors (Lipinski definition) is 1. The number of benzene rings is 2. The molecule has 33 heavy (non-hydrogen) atoms. The summed E-state index contributed by atoms with van der Waals surface area (Å²) in [6.45, 7) is 1.58. The Bertz CT molecular complexity index is 1440. The Labute approximate surface area is 203 Å². The first kappa shape index (κ1) is 23.2. The molecule has 168 valence electrons. The highest BCUT2D eigenvalue weighted by atomic mass is 35.5. The molecule has 4 rings (SSSR count). The van der Waals surface area contributed by atoms with E-state index < -0.39 is 21.8 Å². The number of anilines is 1. The van der Waals surface area contributed by atoms with Gasteiger partial charge in [0.1, 0.15) is 5.75 Å². The number of sulfonamides is 1. The maximum atomic E-state index is 12.9. The molecule has 0 spiro atoms. The van der Waals surface area contributed by atoms with E-state index in [0.29, 0.717) is 16.1 Å². The quantitative estimate of drug-likeness (QED) is 0.184. The monoisotopic (exact) mass is 517 g/mol. The van der Waals surface area contributed by atoms with Gasteiger partial charge in [0.2, 0.25) is 0 Å². The zero-order valence-corrected chi connectivity index (χ0v) is 20.3. The molecule has 0 atom stereocenters. The second-order valence-electron chi connectivity index (χ2n) is 6.90. The summed E-state index contributed by atoms with van der Waals surface area (Å²) < 4.78 is 33.5. The molecule has 2 heterocycles. The van der Waals surface area contributed by atoms with Crippen LogP contribution in [0.1, 0.15) is 15.9 Å². The normalized spacial score (nSPS) is 11.2. The molecular weight excluding hydrogens is 502 g/mol. The zero-order chi connectivity index (χ0) is 23.6. The number of carbonyl (C=O) groups is 2. The minimum atomic E-state index is -4.04. The van der Waals surface area contributed by atoms with Crippen LogP contribution in [0.3, 0.4) is 0 Å². The van der Waals surface area contributed by atoms with E-state index >= 15 is 0 Å². The summed E-state index contributed by atoms with van der Waals surface area (Å²) in [5, 5.41) is 6.59. The first-order valence-corrected chi connectivity index (χ1v) is 13.2. The fourth-order valence-corrected chi connectivity index (χ4v) is 6.24. The van der Waals surface area contributed by atoms with Gasteiger partial charge < -0.3 is 4.74 Å². The standard InChI is InChI=1S/C23H16ClNO5S3/c1-14-18(24)8-5-9-21(14)33(28,29)25-19-12-31-11-17(19)22(26)23(27)30-20-13-32-10-16(20)15-6-3-2-4-7-15/h2-13,25H,1H3. The van der Waals surface area contributed by atoms with E-state index in [1.54, 1.807) is 18.4 Å². The zero-order valence-electron chi connectivity index (χ0n) is 17.1. The van der Waals surface area contributed by atoms with E-state index in [4.69, 9.17) is 16.3 Å². The van der Waals surface area contributed by atoms with E-state index in [1.807, 2.05) is 35.7 Å². The molecule has 0 saturated carbocycles. The van der Waals surface area contributed by atoms with Crippen molar-refractivity contribution in [1.29, 1.82) is 0 Å². The number of rotatable bonds is 7. The van der Waals surface area contributed by atoms with Gasteiger partial charge in [-0.2, -0.15) is 0 Å². The summed E-state index contributed by atoms with van der Waals surface area (Å²) in [7, 11) is -4.04. The Balaban J connectivity index is 1.56. The first-order chi connectivity index (χ1) is 15.8. The molecule has 0 amide bonds. The molecule has 0 saturated heterocycles. The van der Waals surface area contributed by atoms with Gasteiger partial charge in [0.15, 0.2) is 0 Å². The minimum Gasteiger partial charge on any atom is -0.419 e. The maximum absolute atomic E-state index is 12.9. The molecule has 6 nitrogen and oxygen atoms in total. The number of ketones is 1. The summed E-state index contributed by atoms with van der Waals surface area (Å²) in [6, 6.07) is 13.8. The topological polar surface area (TPSA) is 89.5 Å². The summed E-state index contributed by atoms with van der Waals surface area (Å²) in [5.41, 5.74) is 1.80. The highest BCUT2D eigenvalue weighted by molar-refractivity contribution is 7.92. The van der Waals surface area contributed by atoms with Crippen LogP contribution in [0, 0.1) is 6.92 Å². The SMILES string of the molecule is Cc1c(Cl)cccc1S(=O)(=O)Nc1cscc1C(=O)C(=O)Oc1cscc1-c1ccccc1. The molecule has 0 aliphatic heterocycles. The lowest BCUT2D eigenvalue weighted by atomic mass is 10.1. The number of ether oxygens (including phenoxy) is 1. The third kappa shape index (κ3) is 4.86. The molecule has 0 bridgehead atoms. The second kappa shape index (κ2) is 9.48. The molecule has 0 unspecified atom stereocenters. The van der Waals surface area contributed by atoms with Crippen molar-refractivity contribution in [3.63, 3.8) is 0 Å². The van der Waals surface area contributed by atoms with Gasteiger partial charge in [-0.25, -0.2) is 13.2 Å². The molecule has 1 N–H and O–H groups in total. The van der Waals surface area contributed by atoms with Gasteiger partial charge in [-0.15, -0.1) is 22.7 Å². The van der Waals surface area contributed by atoms with Crippen LogP contribution in [-0.4, -0.2) is 20.2 Å². The number of carbonyl (C=O) groups excluding carboxylic acids is 2. The van der Waals surface area contributed by atoms with Gasteiger partial charge in [0.25, 0.3) is 15.8 Å². The van der Waals surface area contributed by atoms with Gasteiger partial charge in [0, 0.05) is 32.1 Å². The van der Waals surface area contributed by atoms with Crippen LogP contribution in [0.5, 0.6) is 5.75 Å². The van der Waals surface area contributed by atoms with Crippen LogP contribution in [0.4, 0.5) is 5.69 Å². The molecule has 0 aliphatic carbocycles. The van der Waals surface area contributed by atoms with Gasteiger partial charge in [0.05, 0.1) is 16.1 Å². The Morgan fingerprint density at radius 2 is 1.67 bits per heavy atom. The van der Waals surface area contributed by atoms with Crippen molar-refractivity contribution in [2.45, 2.75) is 11.8 Å². The number of hydrogen-bond acceptors (Lipinski definition) is 7. The van der Waals surface area contributed by atoms with Crippen LogP contribution in [0.2, 0.25) is 5.02 Å². The van der Waals surface area contributed by atoms with Crippen molar-refractivity contribution in [3.8, 4) is 16.9 Å². The molecule has 0 aliphatic rings. The fourth-order valence-electron chi connectivity index (χ4n) is 3.08. The predicted octanol–water partition coefficient (Wildman–Crippen LogP) is 6.03. The molecule has 0 fully saturated rings. The van der Waals surface area contributed by atoms with Crippen LogP contribution < -0.4 is 9.46 Å². The maximum Gasteiger partial charge on any atom is 0.385 e. The van der Waals surface area contributed by atoms with Crippen molar-refractivity contribution in [2.75, 3.05) is 4.72 Å². The summed E-state index contributed by atoms with van der Waals surface area (Å²) in [5.74, 6) is -1.80. The largest absolute Gasteiger partial charge is 0.419 e. The average Bonchev–Trinajstić information content (AvgIpc) is 3.44. The fraction of sp³-hybridized carbons (Fsp3) is 0.0435. The second-order valence-corrected chi connectivity index (χ2v) is 10.4. The third-order valence-corrected chi connectivity index (χ3v) is 8.14. The average molecular weight is 518 g/mol. The third-order valence-electron chi connectivity index (χ3n) is 4.76. The Kier molecular flexibility index (Phi) is 6.66. The lowest BCUT2D eigenvalue weighted by molar-refractivity contribution is -0.129. The number of thiophene rings is 2.